The minimum absolute atomic E-state index is 0.375. The maximum Gasteiger partial charge on any atom is 0.161 e. The Hall–Kier alpha value is -3.03. The molecule has 0 saturated carbocycles. The Labute approximate surface area is 120 Å². The van der Waals surface area contributed by atoms with Crippen LogP contribution in [0.4, 0.5) is 5.82 Å². The summed E-state index contributed by atoms with van der Waals surface area (Å²) in [6.45, 7) is 0. The van der Waals surface area contributed by atoms with Crippen LogP contribution in [-0.4, -0.2) is 39.8 Å². The lowest BCUT2D eigenvalue weighted by Gasteiger charge is -2.09. The van der Waals surface area contributed by atoms with Crippen LogP contribution in [0.15, 0.2) is 24.4 Å². The number of nitrogens with two attached hydrogens (primary N) is 1. The van der Waals surface area contributed by atoms with Crippen LogP contribution in [0.25, 0.3) is 22.5 Å². The maximum absolute atomic E-state index is 5.97. The Bertz CT molecular complexity index is 750. The molecule has 0 aliphatic heterocycles. The molecule has 0 aliphatic carbocycles. The number of aromatic amines is 2. The number of methoxy groups -OCH3 is 2. The highest BCUT2D eigenvalue weighted by Gasteiger charge is 2.18. The molecule has 0 atom stereocenters. The number of ether oxygens (including phenoxy) is 2. The van der Waals surface area contributed by atoms with Gasteiger partial charge in [-0.1, -0.05) is 6.07 Å². The normalized spacial score (nSPS) is 10.6. The number of aromatic nitrogens is 5. The molecule has 8 nitrogen and oxygen atoms in total. The predicted molar refractivity (Wildman–Crippen MR) is 76.9 cm³/mol. The molecule has 0 saturated heterocycles. The summed E-state index contributed by atoms with van der Waals surface area (Å²) in [5, 5.41) is 17.3. The molecule has 1 aromatic carbocycles. The van der Waals surface area contributed by atoms with Gasteiger partial charge in [-0.25, -0.2) is 0 Å². The fourth-order valence-electron chi connectivity index (χ4n) is 2.15. The second-order valence-electron chi connectivity index (χ2n) is 4.28. The van der Waals surface area contributed by atoms with Gasteiger partial charge in [-0.3, -0.25) is 5.10 Å². The number of anilines is 1. The number of nitrogens with zero attached hydrogens (tertiary/aromatic N) is 3. The number of nitrogen functional groups attached to an aromatic ring is 1. The molecular formula is C13H14N6O2. The Morgan fingerprint density at radius 3 is 2.57 bits per heavy atom. The third-order valence-corrected chi connectivity index (χ3v) is 3.14. The lowest BCUT2D eigenvalue weighted by molar-refractivity contribution is 0.355. The molecule has 0 fully saturated rings. The van der Waals surface area contributed by atoms with Gasteiger partial charge in [0.2, 0.25) is 0 Å². The molecule has 0 amide bonds. The number of hydrogen-bond acceptors (Lipinski definition) is 6. The molecule has 8 heteroatoms. The van der Waals surface area contributed by atoms with Gasteiger partial charge in [0.1, 0.15) is 5.69 Å². The van der Waals surface area contributed by atoms with Gasteiger partial charge in [0.25, 0.3) is 0 Å². The molecule has 0 aliphatic rings. The van der Waals surface area contributed by atoms with E-state index in [0.29, 0.717) is 28.7 Å². The summed E-state index contributed by atoms with van der Waals surface area (Å²) in [5.74, 6) is 1.63. The monoisotopic (exact) mass is 286 g/mol. The van der Waals surface area contributed by atoms with Gasteiger partial charge in [-0.05, 0) is 17.7 Å². The molecule has 21 heavy (non-hydrogen) atoms. The Morgan fingerprint density at radius 2 is 1.90 bits per heavy atom. The van der Waals surface area contributed by atoms with Crippen LogP contribution < -0.4 is 15.2 Å². The van der Waals surface area contributed by atoms with Crippen molar-refractivity contribution in [3.8, 4) is 34.0 Å². The standard InChI is InChI=1S/C13H14N6O2/c1-20-9-4-3-7(5-10(9)21-2)11-12(17-18-13(11)14)8-6-15-19-16-8/h3-6H,1-2H3,(H3,14,17,18)(H,15,16,19). The van der Waals surface area contributed by atoms with Crippen LogP contribution >= 0.6 is 0 Å². The summed E-state index contributed by atoms with van der Waals surface area (Å²) in [7, 11) is 3.17. The average Bonchev–Trinajstić information content (AvgIpc) is 3.15. The van der Waals surface area contributed by atoms with E-state index in [-0.39, 0.29) is 0 Å². The van der Waals surface area contributed by atoms with Crippen molar-refractivity contribution in [2.75, 3.05) is 20.0 Å². The summed E-state index contributed by atoms with van der Waals surface area (Å²) in [4.78, 5) is 0. The van der Waals surface area contributed by atoms with Crippen molar-refractivity contribution < 1.29 is 9.47 Å². The summed E-state index contributed by atoms with van der Waals surface area (Å²) >= 11 is 0. The number of hydrogen-bond donors (Lipinski definition) is 3. The van der Waals surface area contributed by atoms with Crippen molar-refractivity contribution in [3.63, 3.8) is 0 Å². The fourth-order valence-corrected chi connectivity index (χ4v) is 2.15. The zero-order valence-corrected chi connectivity index (χ0v) is 11.5. The van der Waals surface area contributed by atoms with Crippen LogP contribution in [0, 0.1) is 0 Å². The number of benzene rings is 1. The van der Waals surface area contributed by atoms with E-state index in [9.17, 15) is 0 Å². The van der Waals surface area contributed by atoms with Crippen molar-refractivity contribution in [1.82, 2.24) is 25.6 Å². The van der Waals surface area contributed by atoms with Crippen molar-refractivity contribution in [1.29, 1.82) is 0 Å². The lowest BCUT2D eigenvalue weighted by atomic mass is 10.0. The molecule has 3 aromatic rings. The van der Waals surface area contributed by atoms with Crippen LogP contribution in [0.3, 0.4) is 0 Å². The van der Waals surface area contributed by atoms with Crippen molar-refractivity contribution in [2.24, 2.45) is 0 Å². The molecule has 2 heterocycles. The fraction of sp³-hybridized carbons (Fsp3) is 0.154. The zero-order chi connectivity index (χ0) is 14.8. The third-order valence-electron chi connectivity index (χ3n) is 3.14. The van der Waals surface area contributed by atoms with E-state index in [2.05, 4.69) is 25.6 Å². The van der Waals surface area contributed by atoms with Gasteiger partial charge < -0.3 is 15.2 Å². The molecule has 2 aromatic heterocycles. The first-order valence-corrected chi connectivity index (χ1v) is 6.17. The minimum Gasteiger partial charge on any atom is -0.493 e. The summed E-state index contributed by atoms with van der Waals surface area (Å²) in [5.41, 5.74) is 8.87. The number of nitrogens with one attached hydrogen (secondary N) is 2. The molecule has 4 N–H and O–H groups in total. The first-order chi connectivity index (χ1) is 10.2. The highest BCUT2D eigenvalue weighted by atomic mass is 16.5. The molecule has 0 radical (unpaired) electrons. The van der Waals surface area contributed by atoms with E-state index in [1.165, 1.54) is 0 Å². The molecule has 108 valence electrons. The van der Waals surface area contributed by atoms with Crippen molar-refractivity contribution in [3.05, 3.63) is 24.4 Å². The van der Waals surface area contributed by atoms with Gasteiger partial charge in [0.05, 0.1) is 31.7 Å². The van der Waals surface area contributed by atoms with E-state index >= 15 is 0 Å². The average molecular weight is 286 g/mol. The van der Waals surface area contributed by atoms with Crippen LogP contribution in [0.5, 0.6) is 11.5 Å². The number of rotatable bonds is 4. The van der Waals surface area contributed by atoms with Gasteiger partial charge in [0, 0.05) is 0 Å². The largest absolute Gasteiger partial charge is 0.493 e. The highest BCUT2D eigenvalue weighted by molar-refractivity contribution is 5.87. The van der Waals surface area contributed by atoms with E-state index in [4.69, 9.17) is 15.2 Å². The number of H-pyrrole nitrogens is 2. The van der Waals surface area contributed by atoms with Gasteiger partial charge in [-0.15, -0.1) is 0 Å². The Morgan fingerprint density at radius 1 is 1.10 bits per heavy atom. The molecule has 3 rings (SSSR count). The Kier molecular flexibility index (Phi) is 3.19. The van der Waals surface area contributed by atoms with Crippen LogP contribution in [0.1, 0.15) is 0 Å². The van der Waals surface area contributed by atoms with Crippen molar-refractivity contribution in [2.45, 2.75) is 0 Å². The minimum atomic E-state index is 0.375. The van der Waals surface area contributed by atoms with E-state index in [0.717, 1.165) is 11.1 Å². The first kappa shape index (κ1) is 13.0. The zero-order valence-electron chi connectivity index (χ0n) is 11.5. The predicted octanol–water partition coefficient (Wildman–Crippen LogP) is 1.46. The highest BCUT2D eigenvalue weighted by Crippen LogP contribution is 2.38. The third kappa shape index (κ3) is 2.16. The van der Waals surface area contributed by atoms with E-state index < -0.39 is 0 Å². The van der Waals surface area contributed by atoms with Crippen molar-refractivity contribution >= 4 is 5.82 Å². The van der Waals surface area contributed by atoms with Gasteiger partial charge in [-0.2, -0.15) is 20.5 Å². The molecular weight excluding hydrogens is 272 g/mol. The van der Waals surface area contributed by atoms with E-state index in [1.807, 2.05) is 18.2 Å². The molecule has 0 unspecified atom stereocenters. The maximum atomic E-state index is 5.97. The summed E-state index contributed by atoms with van der Waals surface area (Å²) < 4.78 is 10.5. The van der Waals surface area contributed by atoms with Crippen LogP contribution in [0.2, 0.25) is 0 Å². The Balaban J connectivity index is 2.15. The second kappa shape index (κ2) is 5.16. The smallest absolute Gasteiger partial charge is 0.161 e. The lowest BCUT2D eigenvalue weighted by Crippen LogP contribution is -1.93. The SMILES string of the molecule is COc1ccc(-c2c(N)n[nH]c2-c2cn[nH]n2)cc1OC. The quantitative estimate of drug-likeness (QED) is 0.669. The van der Waals surface area contributed by atoms with Gasteiger partial charge in [0.15, 0.2) is 17.3 Å². The van der Waals surface area contributed by atoms with Crippen LogP contribution in [-0.2, 0) is 0 Å². The van der Waals surface area contributed by atoms with E-state index in [1.54, 1.807) is 20.4 Å². The first-order valence-electron chi connectivity index (χ1n) is 6.17. The summed E-state index contributed by atoms with van der Waals surface area (Å²) in [6, 6.07) is 5.53. The topological polar surface area (TPSA) is 115 Å². The van der Waals surface area contributed by atoms with Gasteiger partial charge >= 0.3 is 0 Å². The molecule has 0 spiro atoms. The second-order valence-corrected chi connectivity index (χ2v) is 4.28. The summed E-state index contributed by atoms with van der Waals surface area (Å²) in [6.07, 6.45) is 1.59. The molecule has 0 bridgehead atoms.